The monoisotopic (exact) mass is 301 g/mol. The predicted octanol–water partition coefficient (Wildman–Crippen LogP) is 3.60. The van der Waals surface area contributed by atoms with Crippen LogP contribution >= 0.6 is 0 Å². The second-order valence-corrected chi connectivity index (χ2v) is 7.14. The van der Waals surface area contributed by atoms with Crippen LogP contribution in [0.15, 0.2) is 54.6 Å². The summed E-state index contributed by atoms with van der Waals surface area (Å²) in [6.07, 6.45) is 2.72. The average molecular weight is 301 g/mol. The van der Waals surface area contributed by atoms with E-state index in [9.17, 15) is 4.21 Å². The number of benzene rings is 2. The fourth-order valence-corrected chi connectivity index (χ4v) is 2.60. The van der Waals surface area contributed by atoms with Crippen LogP contribution in [0.5, 0.6) is 0 Å². The lowest BCUT2D eigenvalue weighted by atomic mass is 10.0. The Balaban J connectivity index is 1.82. The molecule has 2 unspecified atom stereocenters. The van der Waals surface area contributed by atoms with E-state index < -0.39 is 10.8 Å². The molecule has 0 radical (unpaired) electrons. The van der Waals surface area contributed by atoms with Crippen molar-refractivity contribution >= 4 is 10.8 Å². The van der Waals surface area contributed by atoms with Crippen molar-refractivity contribution in [2.75, 3.05) is 12.8 Å². The summed E-state index contributed by atoms with van der Waals surface area (Å²) in [5.74, 6) is 0. The van der Waals surface area contributed by atoms with Crippen molar-refractivity contribution in [3.63, 3.8) is 0 Å². The third kappa shape index (κ3) is 5.10. The molecule has 0 aliphatic heterocycles. The smallest absolute Gasteiger partial charge is 0.0329 e. The minimum Gasteiger partial charge on any atom is -0.313 e. The van der Waals surface area contributed by atoms with Gasteiger partial charge in [-0.25, -0.2) is 0 Å². The van der Waals surface area contributed by atoms with Gasteiger partial charge in [0.05, 0.1) is 0 Å². The molecule has 2 atom stereocenters. The average Bonchev–Trinajstić information content (AvgIpc) is 2.52. The molecule has 0 aromatic heterocycles. The fourth-order valence-electron chi connectivity index (χ4n) is 2.15. The minimum absolute atomic E-state index is 0.262. The molecule has 0 aliphatic rings. The topological polar surface area (TPSA) is 29.1 Å². The molecule has 0 fully saturated rings. The van der Waals surface area contributed by atoms with Crippen LogP contribution < -0.4 is 5.32 Å². The van der Waals surface area contributed by atoms with E-state index in [1.807, 2.05) is 13.0 Å². The summed E-state index contributed by atoms with van der Waals surface area (Å²) in [6, 6.07) is 19.1. The Kier molecular flexibility index (Phi) is 6.15. The molecule has 2 rings (SSSR count). The molecule has 0 amide bonds. The Labute approximate surface area is 130 Å². The molecule has 2 aromatic carbocycles. The van der Waals surface area contributed by atoms with E-state index in [0.717, 1.165) is 19.5 Å². The first-order chi connectivity index (χ1) is 10.2. The molecule has 1 N–H and O–H groups in total. The van der Waals surface area contributed by atoms with E-state index in [1.165, 1.54) is 16.7 Å². The SMILES string of the molecule is CC(CCNCc1ccc(-c2ccccc2)cc1)S(C)=O. The number of hydrogen-bond donors (Lipinski definition) is 1. The van der Waals surface area contributed by atoms with Gasteiger partial charge in [-0.2, -0.15) is 0 Å². The van der Waals surface area contributed by atoms with E-state index in [-0.39, 0.29) is 5.25 Å². The van der Waals surface area contributed by atoms with Gasteiger partial charge in [-0.1, -0.05) is 61.5 Å². The summed E-state index contributed by atoms with van der Waals surface area (Å²) in [7, 11) is -0.723. The molecule has 0 saturated heterocycles. The number of hydrogen-bond acceptors (Lipinski definition) is 2. The van der Waals surface area contributed by atoms with Gasteiger partial charge in [-0.3, -0.25) is 4.21 Å². The summed E-state index contributed by atoms with van der Waals surface area (Å²) in [4.78, 5) is 0. The van der Waals surface area contributed by atoms with Crippen molar-refractivity contribution in [3.05, 3.63) is 60.2 Å². The first-order valence-corrected chi connectivity index (χ1v) is 8.96. The lowest BCUT2D eigenvalue weighted by molar-refractivity contribution is 0.629. The number of rotatable bonds is 7. The van der Waals surface area contributed by atoms with Crippen molar-refractivity contribution in [2.24, 2.45) is 0 Å². The number of nitrogens with one attached hydrogen (secondary N) is 1. The molecule has 21 heavy (non-hydrogen) atoms. The standard InChI is InChI=1S/C18H23NOS/c1-15(21(2)20)12-13-19-14-16-8-10-18(11-9-16)17-6-4-3-5-7-17/h3-11,15,19H,12-14H2,1-2H3. The zero-order valence-electron chi connectivity index (χ0n) is 12.7. The largest absolute Gasteiger partial charge is 0.313 e. The Morgan fingerprint density at radius 3 is 2.24 bits per heavy atom. The third-order valence-electron chi connectivity index (χ3n) is 3.68. The van der Waals surface area contributed by atoms with Crippen LogP contribution in [0.2, 0.25) is 0 Å². The molecule has 0 aliphatic carbocycles. The van der Waals surface area contributed by atoms with Gasteiger partial charge >= 0.3 is 0 Å². The molecule has 112 valence electrons. The molecule has 2 nitrogen and oxygen atoms in total. The lowest BCUT2D eigenvalue weighted by Crippen LogP contribution is -2.20. The molecular weight excluding hydrogens is 278 g/mol. The van der Waals surface area contributed by atoms with E-state index in [4.69, 9.17) is 0 Å². The highest BCUT2D eigenvalue weighted by atomic mass is 32.2. The Bertz CT molecular complexity index is 566. The quantitative estimate of drug-likeness (QED) is 0.792. The summed E-state index contributed by atoms with van der Waals surface area (Å²) >= 11 is 0. The van der Waals surface area contributed by atoms with E-state index in [1.54, 1.807) is 6.26 Å². The van der Waals surface area contributed by atoms with Gasteiger partial charge in [0.2, 0.25) is 0 Å². The summed E-state index contributed by atoms with van der Waals surface area (Å²) in [6.45, 7) is 3.80. The lowest BCUT2D eigenvalue weighted by Gasteiger charge is -2.09. The second-order valence-electron chi connectivity index (χ2n) is 5.34. The summed E-state index contributed by atoms with van der Waals surface area (Å²) in [5.41, 5.74) is 3.77. The Hall–Kier alpha value is -1.45. The van der Waals surface area contributed by atoms with Gasteiger partial charge in [0.1, 0.15) is 0 Å². The van der Waals surface area contributed by atoms with Crippen LogP contribution in [0.1, 0.15) is 18.9 Å². The molecule has 0 heterocycles. The Morgan fingerprint density at radius 1 is 1.00 bits per heavy atom. The van der Waals surface area contributed by atoms with Crippen molar-refractivity contribution in [1.29, 1.82) is 0 Å². The second kappa shape index (κ2) is 8.11. The zero-order chi connectivity index (χ0) is 15.1. The molecule has 0 bridgehead atoms. The summed E-state index contributed by atoms with van der Waals surface area (Å²) in [5, 5.41) is 3.67. The molecule has 3 heteroatoms. The van der Waals surface area contributed by atoms with Crippen LogP contribution in [0.3, 0.4) is 0 Å². The fraction of sp³-hybridized carbons (Fsp3) is 0.333. The molecule has 0 saturated carbocycles. The van der Waals surface area contributed by atoms with Crippen LogP contribution in [-0.4, -0.2) is 22.3 Å². The van der Waals surface area contributed by atoms with Crippen LogP contribution in [0.4, 0.5) is 0 Å². The van der Waals surface area contributed by atoms with Gasteiger partial charge in [0.15, 0.2) is 0 Å². The van der Waals surface area contributed by atoms with E-state index >= 15 is 0 Å². The maximum Gasteiger partial charge on any atom is 0.0329 e. The van der Waals surface area contributed by atoms with Gasteiger partial charge in [-0.05, 0) is 29.7 Å². The maximum absolute atomic E-state index is 11.3. The highest BCUT2D eigenvalue weighted by Crippen LogP contribution is 2.19. The highest BCUT2D eigenvalue weighted by molar-refractivity contribution is 7.84. The van der Waals surface area contributed by atoms with E-state index in [2.05, 4.69) is 53.8 Å². The normalized spacial score (nSPS) is 13.8. The van der Waals surface area contributed by atoms with Crippen LogP contribution in [0, 0.1) is 0 Å². The zero-order valence-corrected chi connectivity index (χ0v) is 13.5. The van der Waals surface area contributed by atoms with Gasteiger partial charge in [-0.15, -0.1) is 0 Å². The first-order valence-electron chi connectivity index (χ1n) is 7.34. The van der Waals surface area contributed by atoms with Crippen LogP contribution in [-0.2, 0) is 17.3 Å². The minimum atomic E-state index is -0.723. The molecular formula is C18H23NOS. The predicted molar refractivity (Wildman–Crippen MR) is 91.7 cm³/mol. The molecule has 2 aromatic rings. The van der Waals surface area contributed by atoms with Crippen molar-refractivity contribution in [2.45, 2.75) is 25.1 Å². The van der Waals surface area contributed by atoms with Crippen LogP contribution in [0.25, 0.3) is 11.1 Å². The van der Waals surface area contributed by atoms with E-state index in [0.29, 0.717) is 0 Å². The molecule has 0 spiro atoms. The maximum atomic E-state index is 11.3. The van der Waals surface area contributed by atoms with Crippen molar-refractivity contribution in [3.8, 4) is 11.1 Å². The Morgan fingerprint density at radius 2 is 1.62 bits per heavy atom. The van der Waals surface area contributed by atoms with Gasteiger partial charge in [0.25, 0.3) is 0 Å². The third-order valence-corrected chi connectivity index (χ3v) is 5.05. The van der Waals surface area contributed by atoms with Gasteiger partial charge in [0, 0.05) is 28.9 Å². The van der Waals surface area contributed by atoms with Gasteiger partial charge < -0.3 is 5.32 Å². The first kappa shape index (κ1) is 15.9. The highest BCUT2D eigenvalue weighted by Gasteiger charge is 2.04. The summed E-state index contributed by atoms with van der Waals surface area (Å²) < 4.78 is 11.3. The van der Waals surface area contributed by atoms with Crippen molar-refractivity contribution in [1.82, 2.24) is 5.32 Å². The van der Waals surface area contributed by atoms with Crippen molar-refractivity contribution < 1.29 is 4.21 Å².